The van der Waals surface area contributed by atoms with Crippen molar-refractivity contribution in [2.75, 3.05) is 13.2 Å². The molecule has 2 aromatic carbocycles. The van der Waals surface area contributed by atoms with Crippen molar-refractivity contribution in [1.82, 2.24) is 30.1 Å². The fraction of sp³-hybridized carbons (Fsp3) is 0.407. The zero-order valence-corrected chi connectivity index (χ0v) is 20.4. The SMILES string of the molecule is Cc1cc2cc(CN(CCc3ccccc3)Cc3nnnn3C[C@@H]3CCCO3)c(=O)[nH]c2cc1C. The Hall–Kier alpha value is -3.36. The fourth-order valence-corrected chi connectivity index (χ4v) is 4.69. The van der Waals surface area contributed by atoms with Crippen LogP contribution in [0.25, 0.3) is 10.9 Å². The molecule has 35 heavy (non-hydrogen) atoms. The van der Waals surface area contributed by atoms with Gasteiger partial charge in [0.15, 0.2) is 5.82 Å². The molecule has 0 bridgehead atoms. The highest BCUT2D eigenvalue weighted by Crippen LogP contribution is 2.19. The summed E-state index contributed by atoms with van der Waals surface area (Å²) >= 11 is 0. The minimum Gasteiger partial charge on any atom is -0.376 e. The molecule has 4 aromatic rings. The number of aryl methyl sites for hydroxylation is 2. The number of rotatable bonds is 9. The Bertz CT molecular complexity index is 1340. The van der Waals surface area contributed by atoms with Gasteiger partial charge in [-0.1, -0.05) is 30.3 Å². The van der Waals surface area contributed by atoms with Crippen molar-refractivity contribution in [1.29, 1.82) is 0 Å². The normalized spacial score (nSPS) is 15.9. The number of tetrazole rings is 1. The van der Waals surface area contributed by atoms with Crippen LogP contribution in [0.15, 0.2) is 53.3 Å². The van der Waals surface area contributed by atoms with Gasteiger partial charge in [0.25, 0.3) is 5.56 Å². The molecule has 0 amide bonds. The molecule has 8 nitrogen and oxygen atoms in total. The first-order valence-electron chi connectivity index (χ1n) is 12.3. The Morgan fingerprint density at radius 1 is 1.11 bits per heavy atom. The number of hydrogen-bond donors (Lipinski definition) is 1. The topological polar surface area (TPSA) is 88.9 Å². The summed E-state index contributed by atoms with van der Waals surface area (Å²) in [7, 11) is 0. The van der Waals surface area contributed by atoms with Gasteiger partial charge in [0, 0.05) is 30.8 Å². The highest BCUT2D eigenvalue weighted by molar-refractivity contribution is 5.80. The second kappa shape index (κ2) is 10.5. The Kier molecular flexibility index (Phi) is 7.01. The van der Waals surface area contributed by atoms with Crippen LogP contribution in [0.4, 0.5) is 0 Å². The lowest BCUT2D eigenvalue weighted by molar-refractivity contribution is 0.0916. The standard InChI is InChI=1S/C27H32N6O2/c1-19-13-22-15-23(27(34)28-25(22)14-20(19)2)16-32(11-10-21-7-4-3-5-8-21)18-26-29-30-31-33(26)17-24-9-6-12-35-24/h3-5,7-8,13-15,24H,6,9-12,16-18H2,1-2H3,(H,28,34)/t24-/m0/s1. The van der Waals surface area contributed by atoms with Crippen molar-refractivity contribution in [3.63, 3.8) is 0 Å². The van der Waals surface area contributed by atoms with Crippen LogP contribution in [-0.2, 0) is 30.8 Å². The van der Waals surface area contributed by atoms with E-state index in [-0.39, 0.29) is 11.7 Å². The van der Waals surface area contributed by atoms with Gasteiger partial charge in [0.1, 0.15) is 0 Å². The van der Waals surface area contributed by atoms with E-state index in [4.69, 9.17) is 4.74 Å². The highest BCUT2D eigenvalue weighted by atomic mass is 16.5. The summed E-state index contributed by atoms with van der Waals surface area (Å²) in [6, 6.07) is 16.6. The number of hydrogen-bond acceptors (Lipinski definition) is 6. The first kappa shape index (κ1) is 23.4. The number of pyridine rings is 1. The van der Waals surface area contributed by atoms with E-state index in [1.54, 1.807) is 0 Å². The van der Waals surface area contributed by atoms with Crippen molar-refractivity contribution >= 4 is 10.9 Å². The summed E-state index contributed by atoms with van der Waals surface area (Å²) in [6.07, 6.45) is 3.14. The van der Waals surface area contributed by atoms with Crippen LogP contribution in [0.5, 0.6) is 0 Å². The van der Waals surface area contributed by atoms with Crippen LogP contribution in [-0.4, -0.2) is 49.3 Å². The average molecular weight is 473 g/mol. The maximum Gasteiger partial charge on any atom is 0.252 e. The number of aromatic amines is 1. The van der Waals surface area contributed by atoms with E-state index in [2.05, 4.69) is 69.6 Å². The van der Waals surface area contributed by atoms with Crippen LogP contribution >= 0.6 is 0 Å². The summed E-state index contributed by atoms with van der Waals surface area (Å²) in [5.74, 6) is 0.789. The summed E-state index contributed by atoms with van der Waals surface area (Å²) < 4.78 is 7.64. The summed E-state index contributed by atoms with van der Waals surface area (Å²) in [6.45, 7) is 7.46. The van der Waals surface area contributed by atoms with Gasteiger partial charge in [0.2, 0.25) is 0 Å². The largest absolute Gasteiger partial charge is 0.376 e. The summed E-state index contributed by atoms with van der Waals surface area (Å²) in [5.41, 5.74) is 5.21. The number of ether oxygens (including phenoxy) is 1. The van der Waals surface area contributed by atoms with Crippen LogP contribution in [0, 0.1) is 13.8 Å². The van der Waals surface area contributed by atoms with Crippen LogP contribution in [0.3, 0.4) is 0 Å². The van der Waals surface area contributed by atoms with E-state index < -0.39 is 0 Å². The second-order valence-electron chi connectivity index (χ2n) is 9.51. The third kappa shape index (κ3) is 5.66. The van der Waals surface area contributed by atoms with E-state index in [1.165, 1.54) is 16.7 Å². The third-order valence-electron chi connectivity index (χ3n) is 6.86. The molecular weight excluding hydrogens is 440 g/mol. The van der Waals surface area contributed by atoms with Gasteiger partial charge in [-0.3, -0.25) is 9.69 Å². The molecule has 0 radical (unpaired) electrons. The zero-order valence-electron chi connectivity index (χ0n) is 20.4. The van der Waals surface area contributed by atoms with E-state index >= 15 is 0 Å². The van der Waals surface area contributed by atoms with Gasteiger partial charge in [-0.15, -0.1) is 5.10 Å². The zero-order chi connectivity index (χ0) is 24.2. The summed E-state index contributed by atoms with van der Waals surface area (Å²) in [4.78, 5) is 18.3. The van der Waals surface area contributed by atoms with Crippen molar-refractivity contribution in [2.45, 2.75) is 58.8 Å². The molecule has 3 heterocycles. The molecule has 0 spiro atoms. The lowest BCUT2D eigenvalue weighted by Gasteiger charge is -2.22. The fourth-order valence-electron chi connectivity index (χ4n) is 4.69. The molecular formula is C27H32N6O2. The molecule has 0 unspecified atom stereocenters. The first-order valence-corrected chi connectivity index (χ1v) is 12.3. The number of nitrogens with zero attached hydrogens (tertiary/aromatic N) is 5. The molecule has 0 saturated carbocycles. The number of aromatic nitrogens is 5. The molecule has 2 aromatic heterocycles. The lowest BCUT2D eigenvalue weighted by atomic mass is 10.0. The van der Waals surface area contributed by atoms with E-state index in [0.29, 0.717) is 19.6 Å². The Morgan fingerprint density at radius 2 is 1.94 bits per heavy atom. The van der Waals surface area contributed by atoms with Crippen molar-refractivity contribution in [3.8, 4) is 0 Å². The number of benzene rings is 2. The van der Waals surface area contributed by atoms with E-state index in [9.17, 15) is 4.79 Å². The minimum absolute atomic E-state index is 0.0515. The molecule has 1 aliphatic rings. The van der Waals surface area contributed by atoms with Crippen LogP contribution in [0.2, 0.25) is 0 Å². The van der Waals surface area contributed by atoms with Crippen molar-refractivity contribution < 1.29 is 4.74 Å². The Morgan fingerprint density at radius 3 is 2.74 bits per heavy atom. The highest BCUT2D eigenvalue weighted by Gasteiger charge is 2.20. The van der Waals surface area contributed by atoms with Crippen molar-refractivity contribution in [2.24, 2.45) is 0 Å². The van der Waals surface area contributed by atoms with Gasteiger partial charge in [0.05, 0.1) is 19.2 Å². The predicted octanol–water partition coefficient (Wildman–Crippen LogP) is 3.56. The molecule has 8 heteroatoms. The molecule has 182 valence electrons. The molecule has 1 saturated heterocycles. The van der Waals surface area contributed by atoms with Gasteiger partial charge in [-0.25, -0.2) is 4.68 Å². The smallest absolute Gasteiger partial charge is 0.252 e. The second-order valence-corrected chi connectivity index (χ2v) is 9.51. The quantitative estimate of drug-likeness (QED) is 0.401. The first-order chi connectivity index (χ1) is 17.0. The maximum atomic E-state index is 13.0. The minimum atomic E-state index is -0.0515. The van der Waals surface area contributed by atoms with Gasteiger partial charge in [-0.05, 0) is 83.8 Å². The molecule has 1 N–H and O–H groups in total. The van der Waals surface area contributed by atoms with Gasteiger partial charge >= 0.3 is 0 Å². The molecule has 1 atom stereocenters. The molecule has 1 aliphatic heterocycles. The van der Waals surface area contributed by atoms with Gasteiger partial charge < -0.3 is 9.72 Å². The van der Waals surface area contributed by atoms with Crippen molar-refractivity contribution in [3.05, 3.63) is 87.0 Å². The Balaban J connectivity index is 1.39. The maximum absolute atomic E-state index is 13.0. The van der Waals surface area contributed by atoms with Crippen LogP contribution in [0.1, 0.15) is 40.9 Å². The Labute approximate surface area is 204 Å². The van der Waals surface area contributed by atoms with E-state index in [0.717, 1.165) is 54.7 Å². The number of H-pyrrole nitrogens is 1. The van der Waals surface area contributed by atoms with Gasteiger partial charge in [-0.2, -0.15) is 0 Å². The summed E-state index contributed by atoms with van der Waals surface area (Å²) in [5, 5.41) is 13.5. The van der Waals surface area contributed by atoms with E-state index in [1.807, 2.05) is 22.9 Å². The molecule has 1 fully saturated rings. The average Bonchev–Trinajstić information content (AvgIpc) is 3.53. The molecule has 5 rings (SSSR count). The monoisotopic (exact) mass is 472 g/mol. The van der Waals surface area contributed by atoms with Crippen LogP contribution < -0.4 is 5.56 Å². The number of nitrogens with one attached hydrogen (secondary N) is 1. The lowest BCUT2D eigenvalue weighted by Crippen LogP contribution is -2.30. The number of fused-ring (bicyclic) bond motifs is 1. The molecule has 0 aliphatic carbocycles. The third-order valence-corrected chi connectivity index (χ3v) is 6.86. The predicted molar refractivity (Wildman–Crippen MR) is 135 cm³/mol.